The zero-order valence-electron chi connectivity index (χ0n) is 17.4. The summed E-state index contributed by atoms with van der Waals surface area (Å²) in [5, 5.41) is 12.4. The fourth-order valence-electron chi connectivity index (χ4n) is 3.05. The van der Waals surface area contributed by atoms with Crippen molar-refractivity contribution in [2.24, 2.45) is 0 Å². The second kappa shape index (κ2) is 9.96. The van der Waals surface area contributed by atoms with Crippen molar-refractivity contribution in [2.75, 3.05) is 24.8 Å². The number of hydrogen-bond acceptors (Lipinski definition) is 9. The number of thioether (sulfide) groups is 1. The van der Waals surface area contributed by atoms with Crippen LogP contribution in [-0.2, 0) is 0 Å². The van der Waals surface area contributed by atoms with E-state index in [9.17, 15) is 9.18 Å². The van der Waals surface area contributed by atoms with Gasteiger partial charge in [0.25, 0.3) is 5.91 Å². The largest absolute Gasteiger partial charge is 0.496 e. The van der Waals surface area contributed by atoms with Crippen molar-refractivity contribution < 1.29 is 19.0 Å². The van der Waals surface area contributed by atoms with E-state index in [2.05, 4.69) is 25.3 Å². The van der Waals surface area contributed by atoms with Crippen LogP contribution in [0.2, 0.25) is 5.02 Å². The minimum absolute atomic E-state index is 0.0149. The van der Waals surface area contributed by atoms with Gasteiger partial charge in [-0.3, -0.25) is 15.1 Å². The Morgan fingerprint density at radius 2 is 2.12 bits per heavy atom. The molecule has 3 aromatic heterocycles. The second-order valence-corrected chi connectivity index (χ2v) is 9.14. The van der Waals surface area contributed by atoms with Gasteiger partial charge >= 0.3 is 0 Å². The lowest BCUT2D eigenvalue weighted by Gasteiger charge is -2.14. The first-order chi connectivity index (χ1) is 15.9. The number of nitrogens with one attached hydrogen (secondary N) is 1. The number of carbonyl (C=O) groups excluding carboxylic acids is 1. The lowest BCUT2D eigenvalue weighted by molar-refractivity contribution is 0.102. The van der Waals surface area contributed by atoms with E-state index in [0.29, 0.717) is 37.6 Å². The van der Waals surface area contributed by atoms with Gasteiger partial charge in [0.2, 0.25) is 0 Å². The number of halogens is 2. The number of nitrogens with zero attached hydrogens (tertiary/aromatic N) is 4. The number of fused-ring (bicyclic) bond motifs is 1. The molecule has 2 N–H and O–H groups in total. The molecule has 1 aromatic carbocycles. The molecule has 0 saturated carbocycles. The Bertz CT molecular complexity index is 1350. The molecule has 33 heavy (non-hydrogen) atoms. The van der Waals surface area contributed by atoms with E-state index in [1.807, 2.05) is 0 Å². The first kappa shape index (κ1) is 23.3. The maximum Gasteiger partial charge on any atom is 0.259 e. The molecule has 4 aromatic rings. The summed E-state index contributed by atoms with van der Waals surface area (Å²) in [6, 6.07) is 4.53. The topological polar surface area (TPSA) is 110 Å². The number of amides is 1. The summed E-state index contributed by atoms with van der Waals surface area (Å²) in [7, 11) is 1.41. The van der Waals surface area contributed by atoms with Crippen LogP contribution < -0.4 is 10.1 Å². The van der Waals surface area contributed by atoms with Crippen molar-refractivity contribution in [1.82, 2.24) is 19.9 Å². The number of benzene rings is 1. The van der Waals surface area contributed by atoms with Gasteiger partial charge in [0.05, 0.1) is 36.1 Å². The summed E-state index contributed by atoms with van der Waals surface area (Å²) in [5.74, 6) is -0.514. The molecule has 3 heterocycles. The van der Waals surface area contributed by atoms with Crippen LogP contribution in [0.3, 0.4) is 0 Å². The van der Waals surface area contributed by atoms with Crippen LogP contribution in [0, 0.1) is 12.7 Å². The molecule has 0 aliphatic rings. The average molecular weight is 506 g/mol. The molecule has 0 radical (unpaired) electrons. The highest BCUT2D eigenvalue weighted by atomic mass is 35.5. The number of rotatable bonds is 7. The highest BCUT2D eigenvalue weighted by Gasteiger charge is 2.23. The Hall–Kier alpha value is -2.86. The number of aryl methyl sites for hydroxylation is 1. The molecule has 1 amide bonds. The molecular weight excluding hydrogens is 489 g/mol. The Kier molecular flexibility index (Phi) is 7.03. The van der Waals surface area contributed by atoms with E-state index in [-0.39, 0.29) is 28.5 Å². The first-order valence-corrected chi connectivity index (χ1v) is 11.8. The number of aromatic nitrogens is 4. The van der Waals surface area contributed by atoms with E-state index in [4.69, 9.17) is 21.4 Å². The number of pyridine rings is 1. The third-order valence-electron chi connectivity index (χ3n) is 4.50. The van der Waals surface area contributed by atoms with Crippen molar-refractivity contribution in [3.63, 3.8) is 0 Å². The number of anilines is 1. The van der Waals surface area contributed by atoms with Crippen LogP contribution in [0.25, 0.3) is 21.5 Å². The lowest BCUT2D eigenvalue weighted by Crippen LogP contribution is -2.14. The van der Waals surface area contributed by atoms with Gasteiger partial charge in [0.15, 0.2) is 16.1 Å². The predicted octanol–water partition coefficient (Wildman–Crippen LogP) is 4.59. The molecule has 4 rings (SSSR count). The van der Waals surface area contributed by atoms with Gasteiger partial charge in [-0.15, -0.1) is 0 Å². The van der Waals surface area contributed by atoms with E-state index >= 15 is 0 Å². The molecule has 12 heteroatoms. The molecule has 0 aliphatic heterocycles. The molecular formula is C21H17ClFN5O3S2. The van der Waals surface area contributed by atoms with Crippen molar-refractivity contribution in [3.05, 3.63) is 52.7 Å². The normalized spacial score (nSPS) is 11.1. The Labute approximate surface area is 201 Å². The SMILES string of the molecule is COc1ccc(Cl)c(F)c1-c1cc(C)ncc1C(=O)Nc1nc2cnc(SCCO)nc2s1. The monoisotopic (exact) mass is 505 g/mol. The van der Waals surface area contributed by atoms with Crippen LogP contribution in [0.5, 0.6) is 5.75 Å². The number of hydrogen-bond donors (Lipinski definition) is 2. The molecule has 0 unspecified atom stereocenters. The lowest BCUT2D eigenvalue weighted by atomic mass is 9.98. The smallest absolute Gasteiger partial charge is 0.259 e. The van der Waals surface area contributed by atoms with Crippen molar-refractivity contribution in [1.29, 1.82) is 0 Å². The number of methoxy groups -OCH3 is 1. The maximum absolute atomic E-state index is 15.0. The van der Waals surface area contributed by atoms with Gasteiger partial charge in [-0.2, -0.15) is 0 Å². The number of thiazole rings is 1. The average Bonchev–Trinajstić information content (AvgIpc) is 3.20. The zero-order chi connectivity index (χ0) is 23.5. The highest BCUT2D eigenvalue weighted by molar-refractivity contribution is 7.99. The van der Waals surface area contributed by atoms with Gasteiger partial charge in [-0.05, 0) is 25.1 Å². The van der Waals surface area contributed by atoms with E-state index in [1.54, 1.807) is 19.2 Å². The summed E-state index contributed by atoms with van der Waals surface area (Å²) in [6.45, 7) is 1.75. The maximum atomic E-state index is 15.0. The Morgan fingerprint density at radius 1 is 1.30 bits per heavy atom. The van der Waals surface area contributed by atoms with Crippen LogP contribution in [0.15, 0.2) is 35.7 Å². The summed E-state index contributed by atoms with van der Waals surface area (Å²) in [6.07, 6.45) is 2.93. The van der Waals surface area contributed by atoms with Crippen LogP contribution >= 0.6 is 34.7 Å². The summed E-state index contributed by atoms with van der Waals surface area (Å²) < 4.78 is 20.3. The molecule has 170 valence electrons. The molecule has 0 aliphatic carbocycles. The number of aliphatic hydroxyl groups is 1. The van der Waals surface area contributed by atoms with E-state index < -0.39 is 11.7 Å². The predicted molar refractivity (Wildman–Crippen MR) is 127 cm³/mol. The molecule has 0 fully saturated rings. The van der Waals surface area contributed by atoms with Gasteiger partial charge in [-0.25, -0.2) is 19.3 Å². The minimum atomic E-state index is -0.696. The Balaban J connectivity index is 1.70. The standard InChI is InChI=1S/C21H17ClFN5O3S2/c1-10-7-11(16-15(31-2)4-3-13(22)17(16)23)12(8-24-10)18(30)27-21-26-14-9-25-20(32-6-5-29)28-19(14)33-21/h3-4,7-9,29H,5-6H2,1-2H3,(H,26,27,30). The third-order valence-corrected chi connectivity index (χ3v) is 6.52. The van der Waals surface area contributed by atoms with Gasteiger partial charge in [0.1, 0.15) is 16.1 Å². The fourth-order valence-corrected chi connectivity index (χ4v) is 4.62. The van der Waals surface area contributed by atoms with Gasteiger partial charge < -0.3 is 9.84 Å². The quantitative estimate of drug-likeness (QED) is 0.277. The fraction of sp³-hybridized carbons (Fsp3) is 0.190. The number of ether oxygens (including phenoxy) is 1. The van der Waals surface area contributed by atoms with E-state index in [1.165, 1.54) is 48.5 Å². The van der Waals surface area contributed by atoms with E-state index in [0.717, 1.165) is 0 Å². The third kappa shape index (κ3) is 4.91. The first-order valence-electron chi connectivity index (χ1n) is 9.59. The van der Waals surface area contributed by atoms with Crippen LogP contribution in [-0.4, -0.2) is 50.4 Å². The highest BCUT2D eigenvalue weighted by Crippen LogP contribution is 2.38. The number of carbonyl (C=O) groups is 1. The van der Waals surface area contributed by atoms with Gasteiger partial charge in [-0.1, -0.05) is 34.7 Å². The van der Waals surface area contributed by atoms with Crippen molar-refractivity contribution in [2.45, 2.75) is 12.1 Å². The van der Waals surface area contributed by atoms with Gasteiger partial charge in [0, 0.05) is 23.2 Å². The second-order valence-electron chi connectivity index (χ2n) is 6.70. The van der Waals surface area contributed by atoms with Crippen molar-refractivity contribution in [3.8, 4) is 16.9 Å². The zero-order valence-corrected chi connectivity index (χ0v) is 19.8. The Morgan fingerprint density at radius 3 is 2.88 bits per heavy atom. The van der Waals surface area contributed by atoms with Crippen LogP contribution in [0.1, 0.15) is 16.1 Å². The molecule has 0 bridgehead atoms. The molecule has 0 saturated heterocycles. The van der Waals surface area contributed by atoms with Crippen LogP contribution in [0.4, 0.5) is 9.52 Å². The summed E-state index contributed by atoms with van der Waals surface area (Å²) >= 11 is 8.49. The molecule has 0 atom stereocenters. The molecule has 8 nitrogen and oxygen atoms in total. The summed E-state index contributed by atoms with van der Waals surface area (Å²) in [4.78, 5) is 30.9. The summed E-state index contributed by atoms with van der Waals surface area (Å²) in [5.41, 5.74) is 1.60. The number of aliphatic hydroxyl groups excluding tert-OH is 1. The molecule has 0 spiro atoms. The van der Waals surface area contributed by atoms with Crippen molar-refractivity contribution >= 4 is 56.1 Å². The minimum Gasteiger partial charge on any atom is -0.496 e.